The fourth-order valence-electron chi connectivity index (χ4n) is 2.44. The third-order valence-electron chi connectivity index (χ3n) is 3.60. The average molecular weight is 289 g/mol. The number of esters is 1. The first kappa shape index (κ1) is 15.5. The number of aldehydes is 1. The standard InChI is InChI=1S/C17H23NO3/c1-17(2,3)21-16(20)14-4-6-15(7-5-14)18-10-8-13(12-19)9-11-18/h4-7,12-13H,8-11H2,1-3H3. The molecule has 4 nitrogen and oxygen atoms in total. The molecule has 114 valence electrons. The molecule has 4 heteroatoms. The molecule has 0 saturated carbocycles. The van der Waals surface area contributed by atoms with Crippen molar-refractivity contribution in [3.8, 4) is 0 Å². The van der Waals surface area contributed by atoms with Gasteiger partial charge in [-0.15, -0.1) is 0 Å². The smallest absolute Gasteiger partial charge is 0.338 e. The van der Waals surface area contributed by atoms with Gasteiger partial charge in [-0.3, -0.25) is 0 Å². The van der Waals surface area contributed by atoms with Gasteiger partial charge in [-0.1, -0.05) is 0 Å². The van der Waals surface area contributed by atoms with Crippen LogP contribution in [0.25, 0.3) is 0 Å². The van der Waals surface area contributed by atoms with Gasteiger partial charge in [0.05, 0.1) is 5.56 Å². The number of hydrogen-bond donors (Lipinski definition) is 0. The fraction of sp³-hybridized carbons (Fsp3) is 0.529. The van der Waals surface area contributed by atoms with Gasteiger partial charge in [-0.2, -0.15) is 0 Å². The minimum atomic E-state index is -0.480. The van der Waals surface area contributed by atoms with Crippen molar-refractivity contribution in [2.24, 2.45) is 5.92 Å². The molecule has 0 unspecified atom stereocenters. The summed E-state index contributed by atoms with van der Waals surface area (Å²) in [6, 6.07) is 7.49. The summed E-state index contributed by atoms with van der Waals surface area (Å²) in [5, 5.41) is 0. The topological polar surface area (TPSA) is 46.6 Å². The van der Waals surface area contributed by atoms with Crippen LogP contribution in [-0.4, -0.2) is 30.9 Å². The Kier molecular flexibility index (Phi) is 4.66. The third kappa shape index (κ3) is 4.31. The molecule has 0 N–H and O–H groups in total. The molecule has 1 heterocycles. The summed E-state index contributed by atoms with van der Waals surface area (Å²) in [6.45, 7) is 7.34. The van der Waals surface area contributed by atoms with Gasteiger partial charge in [0.1, 0.15) is 11.9 Å². The SMILES string of the molecule is CC(C)(C)OC(=O)c1ccc(N2CCC(C=O)CC2)cc1. The molecule has 0 bridgehead atoms. The van der Waals surface area contributed by atoms with Crippen LogP contribution in [-0.2, 0) is 9.53 Å². The van der Waals surface area contributed by atoms with Crippen LogP contribution in [0.15, 0.2) is 24.3 Å². The monoisotopic (exact) mass is 289 g/mol. The molecule has 0 amide bonds. The first-order valence-corrected chi connectivity index (χ1v) is 7.43. The average Bonchev–Trinajstić information content (AvgIpc) is 2.46. The van der Waals surface area contributed by atoms with Gasteiger partial charge in [-0.05, 0) is 57.9 Å². The molecule has 1 aromatic rings. The van der Waals surface area contributed by atoms with Gasteiger partial charge >= 0.3 is 5.97 Å². The zero-order chi connectivity index (χ0) is 15.5. The quantitative estimate of drug-likeness (QED) is 0.634. The van der Waals surface area contributed by atoms with Gasteiger partial charge in [0.25, 0.3) is 0 Å². The summed E-state index contributed by atoms with van der Waals surface area (Å²) < 4.78 is 5.35. The predicted molar refractivity (Wildman–Crippen MR) is 82.6 cm³/mol. The first-order valence-electron chi connectivity index (χ1n) is 7.43. The van der Waals surface area contributed by atoms with Crippen molar-refractivity contribution >= 4 is 17.9 Å². The summed E-state index contributed by atoms with van der Waals surface area (Å²) in [7, 11) is 0. The van der Waals surface area contributed by atoms with Crippen molar-refractivity contribution in [3.05, 3.63) is 29.8 Å². The minimum Gasteiger partial charge on any atom is -0.456 e. The van der Waals surface area contributed by atoms with E-state index in [2.05, 4.69) is 4.90 Å². The lowest BCUT2D eigenvalue weighted by atomic mass is 9.98. The number of piperidine rings is 1. The highest BCUT2D eigenvalue weighted by molar-refractivity contribution is 5.90. The number of carbonyl (C=O) groups is 2. The second kappa shape index (κ2) is 6.29. The van der Waals surface area contributed by atoms with E-state index in [0.717, 1.165) is 37.9 Å². The Morgan fingerprint density at radius 2 is 1.76 bits per heavy atom. The van der Waals surface area contributed by atoms with Gasteiger partial charge < -0.3 is 14.4 Å². The molecule has 2 rings (SSSR count). The molecule has 1 aromatic carbocycles. The largest absolute Gasteiger partial charge is 0.456 e. The van der Waals surface area contributed by atoms with Gasteiger partial charge in [-0.25, -0.2) is 4.79 Å². The molecule has 0 aliphatic carbocycles. The van der Waals surface area contributed by atoms with Crippen molar-refractivity contribution in [2.75, 3.05) is 18.0 Å². The predicted octanol–water partition coefficient (Wildman–Crippen LogP) is 3.06. The maximum Gasteiger partial charge on any atom is 0.338 e. The molecule has 0 aromatic heterocycles. The van der Waals surface area contributed by atoms with Gasteiger partial charge in [0, 0.05) is 24.7 Å². The Labute approximate surface area is 126 Å². The zero-order valence-corrected chi connectivity index (χ0v) is 13.0. The second-order valence-corrected chi connectivity index (χ2v) is 6.51. The van der Waals surface area contributed by atoms with Crippen molar-refractivity contribution in [3.63, 3.8) is 0 Å². The van der Waals surface area contributed by atoms with Gasteiger partial charge in [0.2, 0.25) is 0 Å². The van der Waals surface area contributed by atoms with E-state index in [-0.39, 0.29) is 11.9 Å². The molecule has 1 fully saturated rings. The van der Waals surface area contributed by atoms with Crippen LogP contribution >= 0.6 is 0 Å². The zero-order valence-electron chi connectivity index (χ0n) is 13.0. The van der Waals surface area contributed by atoms with Crippen LogP contribution in [0.4, 0.5) is 5.69 Å². The van der Waals surface area contributed by atoms with Crippen LogP contribution in [0.5, 0.6) is 0 Å². The van der Waals surface area contributed by atoms with Crippen molar-refractivity contribution < 1.29 is 14.3 Å². The Hall–Kier alpha value is -1.84. The molecule has 1 aliphatic rings. The van der Waals surface area contributed by atoms with E-state index >= 15 is 0 Å². The lowest BCUT2D eigenvalue weighted by Crippen LogP contribution is -2.34. The number of anilines is 1. The highest BCUT2D eigenvalue weighted by Gasteiger charge is 2.20. The molecule has 1 aliphatic heterocycles. The maximum atomic E-state index is 12.0. The second-order valence-electron chi connectivity index (χ2n) is 6.51. The van der Waals surface area contributed by atoms with E-state index in [0.29, 0.717) is 5.56 Å². The molecular formula is C17H23NO3. The lowest BCUT2D eigenvalue weighted by Gasteiger charge is -2.31. The minimum absolute atomic E-state index is 0.197. The molecule has 0 radical (unpaired) electrons. The fourth-order valence-corrected chi connectivity index (χ4v) is 2.44. The number of ether oxygens (including phenoxy) is 1. The third-order valence-corrected chi connectivity index (χ3v) is 3.60. The number of hydrogen-bond acceptors (Lipinski definition) is 4. The van der Waals surface area contributed by atoms with Crippen LogP contribution in [0, 0.1) is 5.92 Å². The van der Waals surface area contributed by atoms with E-state index in [1.165, 1.54) is 0 Å². The van der Waals surface area contributed by atoms with Crippen LogP contribution in [0.2, 0.25) is 0 Å². The Balaban J connectivity index is 1.99. The highest BCUT2D eigenvalue weighted by atomic mass is 16.6. The molecule has 0 spiro atoms. The highest BCUT2D eigenvalue weighted by Crippen LogP contribution is 2.23. The van der Waals surface area contributed by atoms with E-state index in [4.69, 9.17) is 4.74 Å². The van der Waals surface area contributed by atoms with Crippen LogP contribution in [0.3, 0.4) is 0 Å². The van der Waals surface area contributed by atoms with Crippen LogP contribution < -0.4 is 4.90 Å². The number of rotatable bonds is 3. The summed E-state index contributed by atoms with van der Waals surface area (Å²) >= 11 is 0. The van der Waals surface area contributed by atoms with Crippen molar-refractivity contribution in [1.29, 1.82) is 0 Å². The van der Waals surface area contributed by atoms with Crippen molar-refractivity contribution in [1.82, 2.24) is 0 Å². The van der Waals surface area contributed by atoms with E-state index in [1.807, 2.05) is 32.9 Å². The van der Waals surface area contributed by atoms with E-state index < -0.39 is 5.60 Å². The number of benzene rings is 1. The summed E-state index contributed by atoms with van der Waals surface area (Å²) in [6.07, 6.45) is 2.86. The number of nitrogens with zero attached hydrogens (tertiary/aromatic N) is 1. The van der Waals surface area contributed by atoms with E-state index in [1.54, 1.807) is 12.1 Å². The maximum absolute atomic E-state index is 12.0. The van der Waals surface area contributed by atoms with Gasteiger partial charge in [0.15, 0.2) is 0 Å². The lowest BCUT2D eigenvalue weighted by molar-refractivity contribution is -0.111. The summed E-state index contributed by atoms with van der Waals surface area (Å²) in [4.78, 5) is 25.0. The van der Waals surface area contributed by atoms with Crippen molar-refractivity contribution in [2.45, 2.75) is 39.2 Å². The molecular weight excluding hydrogens is 266 g/mol. The number of carbonyl (C=O) groups excluding carboxylic acids is 2. The molecule has 21 heavy (non-hydrogen) atoms. The molecule has 1 saturated heterocycles. The Morgan fingerprint density at radius 1 is 1.19 bits per heavy atom. The Bertz CT molecular complexity index is 494. The Morgan fingerprint density at radius 3 is 2.24 bits per heavy atom. The molecule has 0 atom stereocenters. The van der Waals surface area contributed by atoms with Crippen LogP contribution in [0.1, 0.15) is 44.0 Å². The summed E-state index contributed by atoms with van der Waals surface area (Å²) in [5.74, 6) is -0.101. The first-order chi connectivity index (χ1) is 9.89. The normalized spacial score (nSPS) is 16.6. The summed E-state index contributed by atoms with van der Waals surface area (Å²) in [5.41, 5.74) is 1.18. The van der Waals surface area contributed by atoms with E-state index in [9.17, 15) is 9.59 Å².